The van der Waals surface area contributed by atoms with Gasteiger partial charge in [-0.2, -0.15) is 0 Å². The van der Waals surface area contributed by atoms with Gasteiger partial charge >= 0.3 is 0 Å². The van der Waals surface area contributed by atoms with Gasteiger partial charge < -0.3 is 15.5 Å². The average molecular weight is 285 g/mol. The van der Waals surface area contributed by atoms with Gasteiger partial charge in [0, 0.05) is 6.04 Å². The minimum absolute atomic E-state index is 0.0502. The van der Waals surface area contributed by atoms with E-state index in [9.17, 15) is 10.2 Å². The van der Waals surface area contributed by atoms with E-state index in [2.05, 4.69) is 5.32 Å². The maximum atomic E-state index is 9.81. The Labute approximate surface area is 126 Å². The largest absolute Gasteiger partial charge is 0.394 e. The van der Waals surface area contributed by atoms with Gasteiger partial charge in [-0.15, -0.1) is 0 Å². The van der Waals surface area contributed by atoms with Gasteiger partial charge in [0.15, 0.2) is 0 Å². The van der Waals surface area contributed by atoms with Crippen molar-refractivity contribution in [2.75, 3.05) is 13.2 Å². The van der Waals surface area contributed by atoms with Crippen LogP contribution in [0, 0.1) is 0 Å². The highest BCUT2D eigenvalue weighted by Crippen LogP contribution is 2.20. The lowest BCUT2D eigenvalue weighted by Crippen LogP contribution is -2.54. The fourth-order valence-electron chi connectivity index (χ4n) is 2.58. The normalized spacial score (nSPS) is 13.1. The second-order valence-electron chi connectivity index (χ2n) is 5.54. The lowest BCUT2D eigenvalue weighted by molar-refractivity contribution is 0.0822. The average Bonchev–Trinajstić information content (AvgIpc) is 2.56. The molecule has 1 atom stereocenters. The third-order valence-electron chi connectivity index (χ3n) is 3.81. The summed E-state index contributed by atoms with van der Waals surface area (Å²) in [6, 6.07) is 20.0. The Morgan fingerprint density at radius 2 is 1.43 bits per heavy atom. The monoisotopic (exact) mass is 285 g/mol. The van der Waals surface area contributed by atoms with E-state index in [0.717, 1.165) is 11.1 Å². The van der Waals surface area contributed by atoms with E-state index in [4.69, 9.17) is 0 Å². The highest BCUT2D eigenvalue weighted by molar-refractivity contribution is 5.21. The number of rotatable bonds is 7. The molecule has 0 aliphatic heterocycles. The maximum Gasteiger partial charge on any atom is 0.0693 e. The van der Waals surface area contributed by atoms with Crippen LogP contribution < -0.4 is 5.32 Å². The van der Waals surface area contributed by atoms with E-state index in [1.807, 2.05) is 67.6 Å². The Morgan fingerprint density at radius 1 is 0.905 bits per heavy atom. The highest BCUT2D eigenvalue weighted by atomic mass is 16.3. The Hall–Kier alpha value is -1.68. The Bertz CT molecular complexity index is 523. The molecule has 0 radical (unpaired) electrons. The van der Waals surface area contributed by atoms with Crippen molar-refractivity contribution in [3.63, 3.8) is 0 Å². The highest BCUT2D eigenvalue weighted by Gasteiger charge is 2.30. The van der Waals surface area contributed by atoms with Crippen LogP contribution in [0.5, 0.6) is 0 Å². The molecule has 0 saturated heterocycles. The van der Waals surface area contributed by atoms with Crippen LogP contribution >= 0.6 is 0 Å². The summed E-state index contributed by atoms with van der Waals surface area (Å²) in [4.78, 5) is 0. The van der Waals surface area contributed by atoms with Crippen LogP contribution in [0.2, 0.25) is 0 Å². The molecule has 2 aromatic carbocycles. The summed E-state index contributed by atoms with van der Waals surface area (Å²) in [7, 11) is 0. The van der Waals surface area contributed by atoms with E-state index in [-0.39, 0.29) is 19.3 Å². The minimum Gasteiger partial charge on any atom is -0.394 e. The van der Waals surface area contributed by atoms with E-state index in [1.54, 1.807) is 0 Å². The predicted molar refractivity (Wildman–Crippen MR) is 85.0 cm³/mol. The van der Waals surface area contributed by atoms with Gasteiger partial charge in [-0.1, -0.05) is 60.7 Å². The van der Waals surface area contributed by atoms with Crippen molar-refractivity contribution in [2.45, 2.75) is 24.9 Å². The first kappa shape index (κ1) is 15.7. The molecule has 112 valence electrons. The summed E-state index contributed by atoms with van der Waals surface area (Å²) >= 11 is 0. The number of aliphatic hydroxyl groups excluding tert-OH is 2. The molecule has 3 heteroatoms. The molecule has 0 spiro atoms. The van der Waals surface area contributed by atoms with Gasteiger partial charge in [0.25, 0.3) is 0 Å². The van der Waals surface area contributed by atoms with Gasteiger partial charge in [0.1, 0.15) is 0 Å². The second kappa shape index (κ2) is 7.36. The molecular weight excluding hydrogens is 262 g/mol. The van der Waals surface area contributed by atoms with E-state index in [1.165, 1.54) is 0 Å². The van der Waals surface area contributed by atoms with Crippen molar-refractivity contribution in [2.24, 2.45) is 0 Å². The summed E-state index contributed by atoms with van der Waals surface area (Å²) < 4.78 is 0. The summed E-state index contributed by atoms with van der Waals surface area (Å²) in [5, 5.41) is 23.0. The minimum atomic E-state index is -0.726. The third kappa shape index (κ3) is 4.14. The molecule has 2 rings (SSSR count). The zero-order valence-corrected chi connectivity index (χ0v) is 12.4. The van der Waals surface area contributed by atoms with Crippen molar-refractivity contribution in [1.29, 1.82) is 0 Å². The van der Waals surface area contributed by atoms with Crippen molar-refractivity contribution >= 4 is 0 Å². The van der Waals surface area contributed by atoms with Crippen molar-refractivity contribution in [3.8, 4) is 0 Å². The van der Waals surface area contributed by atoms with Crippen LogP contribution in [-0.4, -0.2) is 29.0 Å². The molecule has 1 unspecified atom stereocenters. The first-order valence-corrected chi connectivity index (χ1v) is 7.27. The first-order valence-electron chi connectivity index (χ1n) is 7.27. The SMILES string of the molecule is CC(NC(CO)(CO)Cc1ccccc1)c1ccccc1. The number of hydrogen-bond acceptors (Lipinski definition) is 3. The molecule has 0 heterocycles. The molecule has 0 saturated carbocycles. The van der Waals surface area contributed by atoms with Crippen LogP contribution in [0.1, 0.15) is 24.1 Å². The molecule has 21 heavy (non-hydrogen) atoms. The smallest absolute Gasteiger partial charge is 0.0693 e. The second-order valence-corrected chi connectivity index (χ2v) is 5.54. The van der Waals surface area contributed by atoms with Crippen LogP contribution in [0.3, 0.4) is 0 Å². The van der Waals surface area contributed by atoms with Crippen LogP contribution in [0.25, 0.3) is 0 Å². The number of nitrogens with one attached hydrogen (secondary N) is 1. The maximum absolute atomic E-state index is 9.81. The van der Waals surface area contributed by atoms with Crippen LogP contribution in [0.4, 0.5) is 0 Å². The topological polar surface area (TPSA) is 52.5 Å². The quantitative estimate of drug-likeness (QED) is 0.731. The van der Waals surface area contributed by atoms with E-state index >= 15 is 0 Å². The lowest BCUT2D eigenvalue weighted by atomic mass is 9.90. The van der Waals surface area contributed by atoms with Crippen molar-refractivity contribution in [1.82, 2.24) is 5.32 Å². The Balaban J connectivity index is 2.14. The summed E-state index contributed by atoms with van der Waals surface area (Å²) in [5.41, 5.74) is 1.50. The fourth-order valence-corrected chi connectivity index (χ4v) is 2.58. The number of hydrogen-bond donors (Lipinski definition) is 3. The van der Waals surface area contributed by atoms with Crippen molar-refractivity contribution in [3.05, 3.63) is 71.8 Å². The molecule has 3 nitrogen and oxygen atoms in total. The van der Waals surface area contributed by atoms with Crippen LogP contribution in [0.15, 0.2) is 60.7 Å². The third-order valence-corrected chi connectivity index (χ3v) is 3.81. The molecule has 3 N–H and O–H groups in total. The number of benzene rings is 2. The molecule has 2 aromatic rings. The first-order chi connectivity index (χ1) is 10.2. The molecule has 0 bridgehead atoms. The van der Waals surface area contributed by atoms with Gasteiger partial charge in [-0.05, 0) is 24.5 Å². The summed E-state index contributed by atoms with van der Waals surface area (Å²) in [5.74, 6) is 0. The summed E-state index contributed by atoms with van der Waals surface area (Å²) in [6.45, 7) is 1.81. The standard InChI is InChI=1S/C18H23NO2/c1-15(17-10-6-3-7-11-17)19-18(13-20,14-21)12-16-8-4-2-5-9-16/h2-11,15,19-21H,12-14H2,1H3. The molecular formula is C18H23NO2. The van der Waals surface area contributed by atoms with Gasteiger partial charge in [0.2, 0.25) is 0 Å². The molecule has 0 fully saturated rings. The fraction of sp³-hybridized carbons (Fsp3) is 0.333. The van der Waals surface area contributed by atoms with Crippen LogP contribution in [-0.2, 0) is 6.42 Å². The van der Waals surface area contributed by atoms with E-state index < -0.39 is 5.54 Å². The lowest BCUT2D eigenvalue weighted by Gasteiger charge is -2.34. The summed E-state index contributed by atoms with van der Waals surface area (Å²) in [6.07, 6.45) is 0.581. The zero-order chi connectivity index (χ0) is 15.1. The molecule has 0 aliphatic carbocycles. The molecule has 0 amide bonds. The van der Waals surface area contributed by atoms with E-state index in [0.29, 0.717) is 6.42 Å². The predicted octanol–water partition coefficient (Wildman–Crippen LogP) is 2.30. The zero-order valence-electron chi connectivity index (χ0n) is 12.4. The molecule has 0 aliphatic rings. The van der Waals surface area contributed by atoms with Gasteiger partial charge in [-0.3, -0.25) is 0 Å². The Kier molecular flexibility index (Phi) is 5.51. The van der Waals surface area contributed by atoms with Gasteiger partial charge in [-0.25, -0.2) is 0 Å². The molecule has 0 aromatic heterocycles. The number of aliphatic hydroxyl groups is 2. The van der Waals surface area contributed by atoms with Crippen molar-refractivity contribution < 1.29 is 10.2 Å². The van der Waals surface area contributed by atoms with Gasteiger partial charge in [0.05, 0.1) is 18.8 Å². The Morgan fingerprint density at radius 3 is 1.95 bits per heavy atom.